The van der Waals surface area contributed by atoms with E-state index in [-0.39, 0.29) is 49.4 Å². The molecule has 0 amide bonds. The molecular weight excluding hydrogens is 464 g/mol. The Morgan fingerprint density at radius 1 is 0.520 bits per heavy atom. The molecule has 0 atom stereocenters. The molecule has 0 aliphatic rings. The molecule has 136 valence electrons. The molecule has 0 rings (SSSR count). The fraction of sp³-hybridized carbons (Fsp3) is 0.167. The minimum absolute atomic E-state index is 0. The smallest absolute Gasteiger partial charge is 0.545 e. The maximum Gasteiger partial charge on any atom is 3.00 e. The summed E-state index contributed by atoms with van der Waals surface area (Å²) in [5.41, 5.74) is 0. The maximum atomic E-state index is 9.64. The van der Waals surface area contributed by atoms with Gasteiger partial charge in [0.25, 0.3) is 0 Å². The van der Waals surface area contributed by atoms with Crippen LogP contribution in [0.5, 0.6) is 0 Å². The second-order valence-corrected chi connectivity index (χ2v) is 3.61. The number of carboxylic acids is 3. The molecule has 0 fully saturated rings. The fourth-order valence-corrected chi connectivity index (χ4v) is 0.736. The third kappa shape index (κ3) is 51.9. The number of carboxylic acid groups (broad SMARTS) is 3. The molecule has 0 aromatic heterocycles. The number of hydrogen-bond acceptors (Lipinski definition) is 6. The topological polar surface area (TPSA) is 120 Å². The van der Waals surface area contributed by atoms with E-state index in [1.165, 1.54) is 18.2 Å². The first-order chi connectivity index (χ1) is 11.3. The molecule has 25 heavy (non-hydrogen) atoms. The van der Waals surface area contributed by atoms with Gasteiger partial charge in [0, 0.05) is 0 Å². The van der Waals surface area contributed by atoms with Crippen molar-refractivity contribution in [1.29, 1.82) is 0 Å². The molecule has 0 N–H and O–H groups in total. The van der Waals surface area contributed by atoms with Gasteiger partial charge < -0.3 is 29.7 Å². The molecule has 0 saturated carbocycles. The van der Waals surface area contributed by atoms with Crippen molar-refractivity contribution in [3.8, 4) is 0 Å². The summed E-state index contributed by atoms with van der Waals surface area (Å²) in [6, 6.07) is 0. The van der Waals surface area contributed by atoms with Crippen molar-refractivity contribution in [2.75, 3.05) is 0 Å². The first-order valence-corrected chi connectivity index (χ1v) is 6.82. The first kappa shape index (κ1) is 31.2. The van der Waals surface area contributed by atoms with Crippen LogP contribution in [0.15, 0.2) is 72.9 Å². The zero-order valence-corrected chi connectivity index (χ0v) is 16.7. The normalized spacial score (nSPS) is 10.7. The van der Waals surface area contributed by atoms with Crippen molar-refractivity contribution >= 4 is 17.9 Å². The van der Waals surface area contributed by atoms with Crippen LogP contribution in [0, 0.1) is 49.4 Å². The third-order valence-corrected chi connectivity index (χ3v) is 1.61. The van der Waals surface area contributed by atoms with Crippen molar-refractivity contribution in [1.82, 2.24) is 0 Å². The Hall–Kier alpha value is -1.57. The molecule has 6 nitrogen and oxygen atoms in total. The van der Waals surface area contributed by atoms with Gasteiger partial charge in [0.05, 0.1) is 17.9 Å². The van der Waals surface area contributed by atoms with E-state index in [9.17, 15) is 29.7 Å². The molecular formula is C18H21EuO6. The van der Waals surface area contributed by atoms with Gasteiger partial charge in [-0.25, -0.2) is 0 Å². The molecule has 0 aromatic carbocycles. The summed E-state index contributed by atoms with van der Waals surface area (Å²) in [6.07, 6.45) is 17.2. The van der Waals surface area contributed by atoms with E-state index in [4.69, 9.17) is 0 Å². The van der Waals surface area contributed by atoms with Gasteiger partial charge in [-0.05, 0) is 39.0 Å². The van der Waals surface area contributed by atoms with E-state index in [0.29, 0.717) is 0 Å². The molecule has 0 aliphatic heterocycles. The number of carbonyl (C=O) groups is 3. The Morgan fingerprint density at radius 2 is 0.720 bits per heavy atom. The van der Waals surface area contributed by atoms with Gasteiger partial charge in [-0.15, -0.1) is 0 Å². The molecule has 0 bridgehead atoms. The summed E-state index contributed by atoms with van der Waals surface area (Å²) in [5.74, 6) is -3.49. The van der Waals surface area contributed by atoms with E-state index < -0.39 is 17.9 Å². The SMILES string of the molecule is CC=CC=CC(=O)[O-].CC=CC=CC(=O)[O-].CC=CC=CC(=O)[O-].[Eu+3]. The van der Waals surface area contributed by atoms with Gasteiger partial charge in [-0.1, -0.05) is 54.7 Å². The van der Waals surface area contributed by atoms with Gasteiger partial charge in [-0.2, -0.15) is 0 Å². The number of allylic oxidation sites excluding steroid dienone is 9. The fourth-order valence-electron chi connectivity index (χ4n) is 0.736. The Bertz CT molecular complexity index is 450. The zero-order chi connectivity index (χ0) is 19.2. The predicted octanol–water partition coefficient (Wildman–Crippen LogP) is -0.394. The molecule has 0 heterocycles. The molecule has 0 radical (unpaired) electrons. The van der Waals surface area contributed by atoms with E-state index in [1.54, 1.807) is 57.2 Å². The summed E-state index contributed by atoms with van der Waals surface area (Å²) < 4.78 is 0. The molecule has 7 heteroatoms. The minimum atomic E-state index is -1.16. The maximum absolute atomic E-state index is 9.64. The van der Waals surface area contributed by atoms with Crippen molar-refractivity contribution in [2.24, 2.45) is 0 Å². The number of rotatable bonds is 6. The largest absolute Gasteiger partial charge is 3.00 e. The number of hydrogen-bond donors (Lipinski definition) is 0. The average Bonchev–Trinajstić information content (AvgIpc) is 2.48. The van der Waals surface area contributed by atoms with Crippen LogP contribution in [0.1, 0.15) is 20.8 Å². The molecule has 0 spiro atoms. The van der Waals surface area contributed by atoms with Crippen LogP contribution >= 0.6 is 0 Å². The predicted molar refractivity (Wildman–Crippen MR) is 86.9 cm³/mol. The van der Waals surface area contributed by atoms with Crippen LogP contribution in [0.2, 0.25) is 0 Å². The summed E-state index contributed by atoms with van der Waals surface area (Å²) in [4.78, 5) is 28.9. The molecule has 0 aliphatic carbocycles. The summed E-state index contributed by atoms with van der Waals surface area (Å²) >= 11 is 0. The van der Waals surface area contributed by atoms with E-state index in [1.807, 2.05) is 0 Å². The Balaban J connectivity index is -0.000000130. The minimum Gasteiger partial charge on any atom is -0.545 e. The van der Waals surface area contributed by atoms with Gasteiger partial charge in [0.1, 0.15) is 0 Å². The van der Waals surface area contributed by atoms with Crippen molar-refractivity contribution in [3.05, 3.63) is 72.9 Å². The zero-order valence-electron chi connectivity index (χ0n) is 14.3. The van der Waals surface area contributed by atoms with Gasteiger partial charge in [0.15, 0.2) is 0 Å². The first-order valence-electron chi connectivity index (χ1n) is 6.82. The van der Waals surface area contributed by atoms with Gasteiger partial charge >= 0.3 is 49.4 Å². The van der Waals surface area contributed by atoms with Crippen LogP contribution in [0.3, 0.4) is 0 Å². The van der Waals surface area contributed by atoms with E-state index >= 15 is 0 Å². The summed E-state index contributed by atoms with van der Waals surface area (Å²) in [7, 11) is 0. The van der Waals surface area contributed by atoms with Gasteiger partial charge in [0.2, 0.25) is 0 Å². The molecule has 0 unspecified atom stereocenters. The average molecular weight is 485 g/mol. The standard InChI is InChI=1S/3C6H8O2.Eu/c3*1-2-3-4-5-6(7)8;/h3*2-5H,1H3,(H,7,8);/q;;;+3/p-3. The van der Waals surface area contributed by atoms with Gasteiger partial charge in [-0.3, -0.25) is 0 Å². The Kier molecular flexibility index (Phi) is 34.1. The van der Waals surface area contributed by atoms with Crippen molar-refractivity contribution < 1.29 is 79.1 Å². The molecule has 0 saturated heterocycles. The third-order valence-electron chi connectivity index (χ3n) is 1.61. The van der Waals surface area contributed by atoms with Crippen LogP contribution in [0.25, 0.3) is 0 Å². The second-order valence-electron chi connectivity index (χ2n) is 3.61. The van der Waals surface area contributed by atoms with Crippen LogP contribution < -0.4 is 15.3 Å². The van der Waals surface area contributed by atoms with Crippen molar-refractivity contribution in [3.63, 3.8) is 0 Å². The van der Waals surface area contributed by atoms with E-state index in [0.717, 1.165) is 18.2 Å². The van der Waals surface area contributed by atoms with Crippen LogP contribution in [0.4, 0.5) is 0 Å². The van der Waals surface area contributed by atoms with Crippen LogP contribution in [-0.2, 0) is 14.4 Å². The monoisotopic (exact) mass is 486 g/mol. The summed E-state index contributed by atoms with van der Waals surface area (Å²) in [5, 5.41) is 28.9. The van der Waals surface area contributed by atoms with Crippen molar-refractivity contribution in [2.45, 2.75) is 20.8 Å². The second kappa shape index (κ2) is 27.3. The Labute approximate surface area is 189 Å². The van der Waals surface area contributed by atoms with Crippen LogP contribution in [-0.4, -0.2) is 17.9 Å². The molecule has 0 aromatic rings. The van der Waals surface area contributed by atoms with E-state index in [2.05, 4.69) is 0 Å². The number of aliphatic carboxylic acids is 3. The number of carbonyl (C=O) groups excluding carboxylic acids is 3. The summed E-state index contributed by atoms with van der Waals surface area (Å²) in [6.45, 7) is 5.42. The Morgan fingerprint density at radius 3 is 0.840 bits per heavy atom. The quantitative estimate of drug-likeness (QED) is 0.373.